The maximum absolute atomic E-state index is 12.0. The third-order valence-electron chi connectivity index (χ3n) is 2.92. The van der Waals surface area contributed by atoms with Crippen LogP contribution in [0.4, 0.5) is 0 Å². The van der Waals surface area contributed by atoms with Crippen LogP contribution in [0.25, 0.3) is 0 Å². The molecule has 0 atom stereocenters. The van der Waals surface area contributed by atoms with Gasteiger partial charge in [0.2, 0.25) is 0 Å². The monoisotopic (exact) mass is 266 g/mol. The lowest BCUT2D eigenvalue weighted by Gasteiger charge is -2.05. The van der Waals surface area contributed by atoms with Crippen LogP contribution in [0, 0.1) is 0 Å². The predicted molar refractivity (Wildman–Crippen MR) is 76.5 cm³/mol. The smallest absolute Gasteiger partial charge is 0.178 e. The van der Waals surface area contributed by atoms with E-state index in [1.54, 1.807) is 18.2 Å². The van der Waals surface area contributed by atoms with Crippen LogP contribution < -0.4 is 0 Å². The van der Waals surface area contributed by atoms with Gasteiger partial charge in [0.15, 0.2) is 9.84 Å². The highest BCUT2D eigenvalue weighted by Crippen LogP contribution is 2.15. The van der Waals surface area contributed by atoms with Crippen molar-refractivity contribution in [1.82, 2.24) is 0 Å². The molecule has 3 heteroatoms. The number of sulfone groups is 1. The van der Waals surface area contributed by atoms with Crippen LogP contribution in [-0.2, 0) is 16.3 Å². The summed E-state index contributed by atoms with van der Waals surface area (Å²) in [5.74, 6) is 0.202. The molecule has 0 aliphatic carbocycles. The second-order valence-corrected chi connectivity index (χ2v) is 6.61. The summed E-state index contributed by atoms with van der Waals surface area (Å²) in [6.45, 7) is 5.75. The lowest BCUT2D eigenvalue weighted by Crippen LogP contribution is -2.06. The number of hydrogen-bond acceptors (Lipinski definition) is 2. The van der Waals surface area contributed by atoms with E-state index in [4.69, 9.17) is 0 Å². The Kier molecular flexibility index (Phi) is 6.13. The van der Waals surface area contributed by atoms with Crippen molar-refractivity contribution in [3.63, 3.8) is 0 Å². The van der Waals surface area contributed by atoms with Crippen LogP contribution in [-0.4, -0.2) is 14.2 Å². The molecule has 100 valence electrons. The molecule has 0 amide bonds. The summed E-state index contributed by atoms with van der Waals surface area (Å²) in [5, 5.41) is 0. The molecule has 18 heavy (non-hydrogen) atoms. The molecular formula is C15H22O2S. The molecule has 0 spiro atoms. The van der Waals surface area contributed by atoms with Gasteiger partial charge >= 0.3 is 0 Å². The summed E-state index contributed by atoms with van der Waals surface area (Å²) in [4.78, 5) is 0.437. The molecule has 2 nitrogen and oxygen atoms in total. The van der Waals surface area contributed by atoms with Crippen molar-refractivity contribution in [3.05, 3.63) is 42.5 Å². The molecule has 0 aliphatic heterocycles. The van der Waals surface area contributed by atoms with E-state index in [1.807, 2.05) is 12.1 Å². The highest BCUT2D eigenvalue weighted by atomic mass is 32.2. The van der Waals surface area contributed by atoms with Gasteiger partial charge in [0, 0.05) is 0 Å². The van der Waals surface area contributed by atoms with Crippen molar-refractivity contribution < 1.29 is 8.42 Å². The largest absolute Gasteiger partial charge is 0.224 e. The van der Waals surface area contributed by atoms with E-state index in [9.17, 15) is 8.42 Å². The Hall–Kier alpha value is -1.09. The number of aryl methyl sites for hydroxylation is 1. The van der Waals surface area contributed by atoms with Crippen LogP contribution in [0.2, 0.25) is 0 Å². The molecule has 0 radical (unpaired) electrons. The molecule has 1 aromatic carbocycles. The van der Waals surface area contributed by atoms with Crippen molar-refractivity contribution in [2.45, 2.75) is 43.9 Å². The van der Waals surface area contributed by atoms with Crippen molar-refractivity contribution >= 4 is 9.84 Å². The van der Waals surface area contributed by atoms with E-state index in [1.165, 1.54) is 5.56 Å². The number of benzene rings is 1. The standard InChI is InChI=1S/C15H22O2S/c1-3-5-7-13-18(16,17)15-11-9-14(10-12-15)8-6-4-2/h3,9-12H,1,4-8,13H2,2H3. The summed E-state index contributed by atoms with van der Waals surface area (Å²) in [7, 11) is -3.12. The number of rotatable bonds is 8. The number of hydrogen-bond donors (Lipinski definition) is 0. The lowest BCUT2D eigenvalue weighted by atomic mass is 10.1. The fourth-order valence-electron chi connectivity index (χ4n) is 1.78. The molecule has 0 fully saturated rings. The highest BCUT2D eigenvalue weighted by Gasteiger charge is 2.13. The first kappa shape index (κ1) is 15.0. The van der Waals surface area contributed by atoms with Crippen molar-refractivity contribution in [2.75, 3.05) is 5.75 Å². The zero-order chi connectivity index (χ0) is 13.4. The normalized spacial score (nSPS) is 11.4. The van der Waals surface area contributed by atoms with E-state index < -0.39 is 9.84 Å². The molecule has 0 saturated carbocycles. The van der Waals surface area contributed by atoms with Gasteiger partial charge < -0.3 is 0 Å². The van der Waals surface area contributed by atoms with E-state index in [0.717, 1.165) is 25.7 Å². The van der Waals surface area contributed by atoms with E-state index >= 15 is 0 Å². The minimum Gasteiger partial charge on any atom is -0.224 e. The van der Waals surface area contributed by atoms with Gasteiger partial charge in [-0.2, -0.15) is 0 Å². The number of unbranched alkanes of at least 4 members (excludes halogenated alkanes) is 2. The maximum atomic E-state index is 12.0. The SMILES string of the molecule is C=CCCCS(=O)(=O)c1ccc(CCCC)cc1. The summed E-state index contributed by atoms with van der Waals surface area (Å²) in [6.07, 6.45) is 6.46. The van der Waals surface area contributed by atoms with Gasteiger partial charge in [0.05, 0.1) is 10.6 Å². The summed E-state index contributed by atoms with van der Waals surface area (Å²) < 4.78 is 24.0. The Bertz CT molecular complexity index is 458. The van der Waals surface area contributed by atoms with Gasteiger partial charge in [0.25, 0.3) is 0 Å². The van der Waals surface area contributed by atoms with Gasteiger partial charge in [-0.25, -0.2) is 8.42 Å². The molecule has 0 heterocycles. The van der Waals surface area contributed by atoms with Crippen LogP contribution in [0.15, 0.2) is 41.8 Å². The molecule has 0 bridgehead atoms. The molecule has 0 unspecified atom stereocenters. The van der Waals surface area contributed by atoms with E-state index in [0.29, 0.717) is 11.3 Å². The summed E-state index contributed by atoms with van der Waals surface area (Å²) in [6, 6.07) is 7.31. The third kappa shape index (κ3) is 4.65. The van der Waals surface area contributed by atoms with Crippen molar-refractivity contribution in [1.29, 1.82) is 0 Å². The van der Waals surface area contributed by atoms with Crippen LogP contribution in [0.5, 0.6) is 0 Å². The van der Waals surface area contributed by atoms with Crippen molar-refractivity contribution in [3.8, 4) is 0 Å². The van der Waals surface area contributed by atoms with Gasteiger partial charge in [-0.05, 0) is 43.4 Å². The van der Waals surface area contributed by atoms with Gasteiger partial charge in [-0.15, -0.1) is 6.58 Å². The molecule has 1 rings (SSSR count). The lowest BCUT2D eigenvalue weighted by molar-refractivity contribution is 0.593. The molecule has 0 N–H and O–H groups in total. The number of allylic oxidation sites excluding steroid dienone is 1. The third-order valence-corrected chi connectivity index (χ3v) is 4.74. The fraction of sp³-hybridized carbons (Fsp3) is 0.467. The van der Waals surface area contributed by atoms with Crippen LogP contribution in [0.1, 0.15) is 38.2 Å². The second kappa shape index (κ2) is 7.37. The zero-order valence-corrected chi connectivity index (χ0v) is 11.9. The average Bonchev–Trinajstić information content (AvgIpc) is 2.37. The first-order valence-corrected chi connectivity index (χ1v) is 8.18. The summed E-state index contributed by atoms with van der Waals surface area (Å²) in [5.41, 5.74) is 1.21. The van der Waals surface area contributed by atoms with Gasteiger partial charge in [0.1, 0.15) is 0 Å². The minimum atomic E-state index is -3.12. The van der Waals surface area contributed by atoms with Crippen LogP contribution in [0.3, 0.4) is 0 Å². The molecule has 0 saturated heterocycles. The Labute approximate surface area is 111 Å². The average molecular weight is 266 g/mol. The molecule has 0 aliphatic rings. The van der Waals surface area contributed by atoms with Crippen molar-refractivity contribution in [2.24, 2.45) is 0 Å². The Morgan fingerprint density at radius 2 is 1.83 bits per heavy atom. The molecule has 0 aromatic heterocycles. The first-order chi connectivity index (χ1) is 8.60. The summed E-state index contributed by atoms with van der Waals surface area (Å²) >= 11 is 0. The molecular weight excluding hydrogens is 244 g/mol. The van der Waals surface area contributed by atoms with Gasteiger partial charge in [-0.1, -0.05) is 31.6 Å². The van der Waals surface area contributed by atoms with Gasteiger partial charge in [-0.3, -0.25) is 0 Å². The minimum absolute atomic E-state index is 0.202. The quantitative estimate of drug-likeness (QED) is 0.530. The van der Waals surface area contributed by atoms with Crippen LogP contribution >= 0.6 is 0 Å². The fourth-order valence-corrected chi connectivity index (χ4v) is 3.11. The predicted octanol–water partition coefficient (Wildman–Crippen LogP) is 3.77. The second-order valence-electron chi connectivity index (χ2n) is 4.50. The Balaban J connectivity index is 2.68. The Morgan fingerprint density at radius 1 is 1.17 bits per heavy atom. The Morgan fingerprint density at radius 3 is 2.39 bits per heavy atom. The topological polar surface area (TPSA) is 34.1 Å². The van der Waals surface area contributed by atoms with E-state index in [-0.39, 0.29) is 5.75 Å². The highest BCUT2D eigenvalue weighted by molar-refractivity contribution is 7.91. The first-order valence-electron chi connectivity index (χ1n) is 6.52. The maximum Gasteiger partial charge on any atom is 0.178 e. The molecule has 1 aromatic rings. The van der Waals surface area contributed by atoms with E-state index in [2.05, 4.69) is 13.5 Å². The zero-order valence-electron chi connectivity index (χ0n) is 11.1.